The van der Waals surface area contributed by atoms with Crippen molar-refractivity contribution >= 4 is 30.4 Å². The van der Waals surface area contributed by atoms with Crippen LogP contribution < -0.4 is 20.5 Å². The maximum absolute atomic E-state index is 15.2. The van der Waals surface area contributed by atoms with Crippen molar-refractivity contribution < 1.29 is 47.6 Å². The highest BCUT2D eigenvalue weighted by Crippen LogP contribution is 2.54. The number of rotatable bonds is 29. The van der Waals surface area contributed by atoms with Gasteiger partial charge in [-0.25, -0.2) is 14.0 Å². The zero-order chi connectivity index (χ0) is 58.4. The van der Waals surface area contributed by atoms with E-state index in [2.05, 4.69) is 10.3 Å². The third kappa shape index (κ3) is 13.6. The van der Waals surface area contributed by atoms with E-state index < -0.39 is 60.6 Å². The van der Waals surface area contributed by atoms with Crippen LogP contribution in [0.25, 0.3) is 0 Å². The number of hydrogen-bond donors (Lipinski definition) is 3. The number of methoxy groups -OCH3 is 2. The van der Waals surface area contributed by atoms with Gasteiger partial charge in [-0.1, -0.05) is 184 Å². The smallest absolute Gasteiger partial charge is 0.408 e. The molecular weight excluding hydrogens is 1080 g/mol. The number of nitrogens with zero attached hydrogens (tertiary/aromatic N) is 3. The number of carbonyl (C=O) groups excluding carboxylic acids is 1. The van der Waals surface area contributed by atoms with Crippen molar-refractivity contribution in [2.24, 2.45) is 5.41 Å². The molecule has 1 saturated heterocycles. The highest BCUT2D eigenvalue weighted by Gasteiger charge is 2.54. The van der Waals surface area contributed by atoms with E-state index in [9.17, 15) is 19.8 Å². The van der Waals surface area contributed by atoms with Gasteiger partial charge in [0.05, 0.1) is 39.5 Å². The lowest BCUT2D eigenvalue weighted by Gasteiger charge is -2.38. The number of hydrogen-bond acceptors (Lipinski definition) is 14. The van der Waals surface area contributed by atoms with Gasteiger partial charge in [0.2, 0.25) is 0 Å². The minimum Gasteiger partial charge on any atom is -0.497 e. The monoisotopic (exact) mass is 1150 g/mol. The fraction of sp³-hybridized carbons (Fsp3) is 0.369. The molecule has 2 heterocycles. The summed E-state index contributed by atoms with van der Waals surface area (Å²) in [6.07, 6.45) is 0.178. The number of benzene rings is 6. The Morgan fingerprint density at radius 1 is 0.720 bits per heavy atom. The van der Waals surface area contributed by atoms with Gasteiger partial charge in [-0.3, -0.25) is 18.4 Å². The Bertz CT molecular complexity index is 3080. The van der Waals surface area contributed by atoms with Gasteiger partial charge in [-0.05, 0) is 97.3 Å². The first-order valence-corrected chi connectivity index (χ1v) is 30.4. The molecule has 8 rings (SSSR count). The molecule has 1 aliphatic heterocycles. The Hall–Kier alpha value is -6.43. The maximum atomic E-state index is 15.2. The van der Waals surface area contributed by atoms with Crippen molar-refractivity contribution in [1.82, 2.24) is 14.2 Å². The SMILES string of the molecule is CCCCN(CCCC)P(=O)(OCCSC(=O)C(C)(C)COC(c1ccccc1)(c1ccccc1)c1ccccc1)OC[C@H]1O[C@@H](n2ccc(NC(c3ccccc3)(c3ccc(OC)cc3)c3ccc(OC)cc3)nc2=O)C(C)(O)[C@H]1O. The Balaban J connectivity index is 0.986. The molecule has 0 saturated carbocycles. The van der Waals surface area contributed by atoms with Crippen molar-refractivity contribution in [2.75, 3.05) is 58.2 Å². The predicted molar refractivity (Wildman–Crippen MR) is 322 cm³/mol. The van der Waals surface area contributed by atoms with Crippen LogP contribution in [0.15, 0.2) is 187 Å². The fourth-order valence-electron chi connectivity index (χ4n) is 10.3. The molecule has 6 aromatic carbocycles. The van der Waals surface area contributed by atoms with Crippen molar-refractivity contribution in [1.29, 1.82) is 0 Å². The van der Waals surface area contributed by atoms with Gasteiger partial charge < -0.3 is 34.5 Å². The van der Waals surface area contributed by atoms with Crippen molar-refractivity contribution in [3.05, 3.63) is 226 Å². The Kier molecular flexibility index (Phi) is 20.9. The summed E-state index contributed by atoms with van der Waals surface area (Å²) >= 11 is 1.07. The van der Waals surface area contributed by atoms with E-state index in [1.54, 1.807) is 25.0 Å². The maximum Gasteiger partial charge on any atom is 0.408 e. The van der Waals surface area contributed by atoms with Crippen LogP contribution in [0.2, 0.25) is 0 Å². The number of anilines is 1. The Morgan fingerprint density at radius 3 is 1.63 bits per heavy atom. The van der Waals surface area contributed by atoms with Gasteiger partial charge in [0.15, 0.2) is 11.3 Å². The highest BCUT2D eigenvalue weighted by molar-refractivity contribution is 8.13. The molecule has 1 aliphatic rings. The summed E-state index contributed by atoms with van der Waals surface area (Å²) in [6, 6.07) is 56.6. The van der Waals surface area contributed by atoms with Crippen LogP contribution in [0.3, 0.4) is 0 Å². The predicted octanol–water partition coefficient (Wildman–Crippen LogP) is 12.0. The number of ether oxygens (including phenoxy) is 4. The zero-order valence-electron chi connectivity index (χ0n) is 47.9. The van der Waals surface area contributed by atoms with Crippen molar-refractivity contribution in [2.45, 2.75) is 95.5 Å². The molecule has 1 fully saturated rings. The van der Waals surface area contributed by atoms with E-state index in [0.717, 1.165) is 62.6 Å². The van der Waals surface area contributed by atoms with Gasteiger partial charge in [0.1, 0.15) is 46.3 Å². The third-order valence-electron chi connectivity index (χ3n) is 15.0. The first-order chi connectivity index (χ1) is 39.6. The molecule has 15 nitrogen and oxygen atoms in total. The lowest BCUT2D eigenvalue weighted by Crippen LogP contribution is -2.46. The average Bonchev–Trinajstić information content (AvgIpc) is 3.91. The Labute approximate surface area is 486 Å². The van der Waals surface area contributed by atoms with E-state index in [1.165, 1.54) is 13.1 Å². The molecule has 434 valence electrons. The lowest BCUT2D eigenvalue weighted by molar-refractivity contribution is -0.124. The molecule has 2 unspecified atom stereocenters. The van der Waals surface area contributed by atoms with Crippen molar-refractivity contribution in [3.8, 4) is 11.5 Å². The molecule has 0 bridgehead atoms. The largest absolute Gasteiger partial charge is 0.497 e. The zero-order valence-corrected chi connectivity index (χ0v) is 49.6. The van der Waals surface area contributed by atoms with Crippen molar-refractivity contribution in [3.63, 3.8) is 0 Å². The normalized spacial score (nSPS) is 18.2. The first kappa shape index (κ1) is 61.6. The van der Waals surface area contributed by atoms with Crippen LogP contribution in [-0.4, -0.2) is 100 Å². The summed E-state index contributed by atoms with van der Waals surface area (Å²) in [5, 5.41) is 27.2. The number of aliphatic hydroxyl groups excluding tert-OH is 1. The summed E-state index contributed by atoms with van der Waals surface area (Å²) in [4.78, 5) is 33.0. The molecule has 17 heteroatoms. The number of nitrogens with one attached hydrogen (secondary N) is 1. The standard InChI is InChI=1S/C65H77N4O11PS/c1-8-10-41-68(42-11-9-2)81(74,78-44-45-82-60(71)62(3,4)47-77-65(51-26-18-13-19-27-51,52-28-20-14-21-29-52)53-30-22-15-23-31-53)79-46-56-58(70)63(5,73)59(80-56)69-43-40-57(66-61(69)72)67-64(48-24-16-12-17-25-48,49-32-36-54(75-6)37-33-49)50-34-38-55(76-7)39-35-50/h12-40,43,56,58-59,70,73H,8-11,41-42,44-47H2,1-7H3,(H,66,67,72)/t56-,58+,59-,63?,81?/m1/s1. The van der Waals surface area contributed by atoms with Gasteiger partial charge in [-0.2, -0.15) is 4.98 Å². The molecule has 0 radical (unpaired) electrons. The van der Waals surface area contributed by atoms with Crippen LogP contribution >= 0.6 is 19.5 Å². The second-order valence-electron chi connectivity index (χ2n) is 21.2. The fourth-order valence-corrected chi connectivity index (χ4v) is 13.1. The van der Waals surface area contributed by atoms with Gasteiger partial charge >= 0.3 is 13.4 Å². The molecule has 5 atom stereocenters. The van der Waals surface area contributed by atoms with Crippen LogP contribution in [-0.2, 0) is 39.0 Å². The van der Waals surface area contributed by atoms with Crippen LogP contribution in [0, 0.1) is 5.41 Å². The molecule has 0 amide bonds. The number of unbranched alkanes of at least 4 members (excludes halogenated alkanes) is 2. The van der Waals surface area contributed by atoms with E-state index in [4.69, 9.17) is 28.0 Å². The average molecular weight is 1150 g/mol. The molecule has 82 heavy (non-hydrogen) atoms. The molecule has 7 aromatic rings. The van der Waals surface area contributed by atoms with E-state index in [0.29, 0.717) is 37.4 Å². The summed E-state index contributed by atoms with van der Waals surface area (Å²) in [5.74, 6) is 1.69. The topological polar surface area (TPSA) is 180 Å². The van der Waals surface area contributed by atoms with Gasteiger partial charge in [0.25, 0.3) is 0 Å². The minimum absolute atomic E-state index is 0.0730. The van der Waals surface area contributed by atoms with Crippen LogP contribution in [0.5, 0.6) is 11.5 Å². The number of carbonyl (C=O) groups is 1. The summed E-state index contributed by atoms with van der Waals surface area (Å²) in [7, 11) is -0.948. The second kappa shape index (κ2) is 27.8. The highest BCUT2D eigenvalue weighted by atomic mass is 32.2. The van der Waals surface area contributed by atoms with Gasteiger partial charge in [-0.15, -0.1) is 0 Å². The second-order valence-corrected chi connectivity index (χ2v) is 24.3. The molecule has 0 spiro atoms. The van der Waals surface area contributed by atoms with E-state index in [1.807, 2.05) is 198 Å². The van der Waals surface area contributed by atoms with Crippen LogP contribution in [0.4, 0.5) is 5.82 Å². The van der Waals surface area contributed by atoms with Crippen LogP contribution in [0.1, 0.15) is 99.9 Å². The Morgan fingerprint density at radius 2 is 1.18 bits per heavy atom. The molecular formula is C65H77N4O11PS. The quantitative estimate of drug-likeness (QED) is 0.0229. The third-order valence-corrected chi connectivity index (χ3v) is 18.3. The van der Waals surface area contributed by atoms with E-state index >= 15 is 4.57 Å². The number of thioether (sulfide) groups is 1. The molecule has 3 N–H and O–H groups in total. The minimum atomic E-state index is -4.15. The number of aliphatic hydroxyl groups is 2. The summed E-state index contributed by atoms with van der Waals surface area (Å²) < 4.78 is 55.0. The van der Waals surface area contributed by atoms with Gasteiger partial charge in [0, 0.05) is 25.0 Å². The van der Waals surface area contributed by atoms with E-state index in [-0.39, 0.29) is 29.9 Å². The summed E-state index contributed by atoms with van der Waals surface area (Å²) in [5.41, 5.74) is -0.663. The first-order valence-electron chi connectivity index (χ1n) is 28.0. The molecule has 1 aromatic heterocycles. The lowest BCUT2D eigenvalue weighted by atomic mass is 9.77. The number of aromatic nitrogens is 2. The summed E-state index contributed by atoms with van der Waals surface area (Å²) in [6.45, 7) is 9.44. The molecule has 0 aliphatic carbocycles.